The molecule has 2 amide bonds. The lowest BCUT2D eigenvalue weighted by Gasteiger charge is -2.45. The van der Waals surface area contributed by atoms with Crippen LogP contribution in [0, 0.1) is 0 Å². The van der Waals surface area contributed by atoms with Crippen molar-refractivity contribution in [1.29, 1.82) is 0 Å². The molecule has 0 bridgehead atoms. The Kier molecular flexibility index (Phi) is 5.71. The zero-order valence-electron chi connectivity index (χ0n) is 18.3. The van der Waals surface area contributed by atoms with Gasteiger partial charge in [0.05, 0.1) is 6.54 Å². The van der Waals surface area contributed by atoms with Crippen molar-refractivity contribution < 1.29 is 28.6 Å². The van der Waals surface area contributed by atoms with Gasteiger partial charge in [0, 0.05) is 19.5 Å². The third-order valence-corrected chi connectivity index (χ3v) is 5.11. The van der Waals surface area contributed by atoms with Crippen LogP contribution in [0.5, 0.6) is 0 Å². The summed E-state index contributed by atoms with van der Waals surface area (Å²) < 4.78 is 16.5. The first-order valence-electron chi connectivity index (χ1n) is 10.1. The highest BCUT2D eigenvalue weighted by Crippen LogP contribution is 2.41. The quantitative estimate of drug-likeness (QED) is 0.541. The minimum atomic E-state index is -1.30. The molecule has 2 heterocycles. The molecule has 0 aromatic heterocycles. The van der Waals surface area contributed by atoms with Gasteiger partial charge in [0.15, 0.2) is 5.54 Å². The van der Waals surface area contributed by atoms with E-state index in [0.29, 0.717) is 0 Å². The number of hydrogen-bond donors (Lipinski definition) is 0. The van der Waals surface area contributed by atoms with E-state index in [1.165, 1.54) is 9.80 Å². The number of esters is 1. The zero-order chi connectivity index (χ0) is 22.2. The van der Waals surface area contributed by atoms with Crippen LogP contribution < -0.4 is 0 Å². The number of carbonyl (C=O) groups excluding carboxylic acids is 3. The van der Waals surface area contributed by atoms with Crippen LogP contribution >= 0.6 is 0 Å². The number of ether oxygens (including phenoxy) is 3. The Morgan fingerprint density at radius 1 is 1.10 bits per heavy atom. The van der Waals surface area contributed by atoms with Crippen molar-refractivity contribution in [2.24, 2.45) is 0 Å². The summed E-state index contributed by atoms with van der Waals surface area (Å²) in [5, 5.41) is 0. The van der Waals surface area contributed by atoms with Gasteiger partial charge in [-0.2, -0.15) is 0 Å². The van der Waals surface area contributed by atoms with Crippen LogP contribution in [-0.2, 0) is 25.6 Å². The Labute approximate surface area is 177 Å². The Morgan fingerprint density at radius 3 is 2.33 bits per heavy atom. The second-order valence-electron chi connectivity index (χ2n) is 9.45. The van der Waals surface area contributed by atoms with Crippen molar-refractivity contribution in [3.8, 4) is 0 Å². The molecule has 30 heavy (non-hydrogen) atoms. The van der Waals surface area contributed by atoms with E-state index in [0.717, 1.165) is 5.56 Å². The highest BCUT2D eigenvalue weighted by Gasteiger charge is 2.61. The number of nitrogens with zero attached hydrogens (tertiary/aromatic N) is 2. The Hall–Kier alpha value is -2.77. The monoisotopic (exact) mass is 418 g/mol. The molecule has 1 aromatic rings. The first kappa shape index (κ1) is 21.9. The van der Waals surface area contributed by atoms with Crippen LogP contribution in [-0.4, -0.2) is 64.3 Å². The summed E-state index contributed by atoms with van der Waals surface area (Å²) >= 11 is 0. The highest BCUT2D eigenvalue weighted by molar-refractivity contribution is 5.89. The maximum Gasteiger partial charge on any atom is 0.411 e. The SMILES string of the molecule is CC(C)(C)OC(=O)N1CCN(C(=O)OCc2ccccc2)C2(C1)CC(C)(C)OC2=O. The molecular weight excluding hydrogens is 388 g/mol. The molecule has 3 rings (SSSR count). The summed E-state index contributed by atoms with van der Waals surface area (Å²) in [5.41, 5.74) is -1.87. The van der Waals surface area contributed by atoms with Gasteiger partial charge < -0.3 is 19.1 Å². The normalized spacial score (nSPS) is 23.3. The van der Waals surface area contributed by atoms with Gasteiger partial charge in [-0.25, -0.2) is 14.4 Å². The second kappa shape index (κ2) is 7.81. The third-order valence-electron chi connectivity index (χ3n) is 5.11. The first-order valence-corrected chi connectivity index (χ1v) is 10.1. The lowest BCUT2D eigenvalue weighted by Crippen LogP contribution is -2.67. The van der Waals surface area contributed by atoms with E-state index < -0.39 is 34.9 Å². The average Bonchev–Trinajstić information content (AvgIpc) is 2.87. The van der Waals surface area contributed by atoms with Gasteiger partial charge in [0.2, 0.25) is 0 Å². The number of rotatable bonds is 2. The van der Waals surface area contributed by atoms with E-state index in [9.17, 15) is 14.4 Å². The number of cyclic esters (lactones) is 1. The average molecular weight is 418 g/mol. The molecule has 2 saturated heterocycles. The molecule has 1 atom stereocenters. The molecule has 1 unspecified atom stereocenters. The number of piperazine rings is 1. The van der Waals surface area contributed by atoms with Gasteiger partial charge in [-0.15, -0.1) is 0 Å². The fraction of sp³-hybridized carbons (Fsp3) is 0.591. The van der Waals surface area contributed by atoms with Crippen LogP contribution in [0.25, 0.3) is 0 Å². The molecule has 2 fully saturated rings. The van der Waals surface area contributed by atoms with Gasteiger partial charge >= 0.3 is 18.2 Å². The molecule has 8 heteroatoms. The van der Waals surface area contributed by atoms with Crippen molar-refractivity contribution in [3.05, 3.63) is 35.9 Å². The molecule has 8 nitrogen and oxygen atoms in total. The standard InChI is InChI=1S/C22H30N2O6/c1-20(2,3)30-18(26)23-11-12-24(19(27)28-13-16-9-7-6-8-10-16)22(15-23)14-21(4,5)29-17(22)25/h6-10H,11-15H2,1-5H3. The Balaban J connectivity index is 1.80. The number of amides is 2. The molecule has 1 spiro atoms. The summed E-state index contributed by atoms with van der Waals surface area (Å²) in [6, 6.07) is 9.32. The lowest BCUT2D eigenvalue weighted by molar-refractivity contribution is -0.155. The number of carbonyl (C=O) groups is 3. The van der Waals surface area contributed by atoms with Gasteiger partial charge in [-0.1, -0.05) is 30.3 Å². The molecule has 2 aliphatic heterocycles. The summed E-state index contributed by atoms with van der Waals surface area (Å²) in [5.74, 6) is -0.530. The Morgan fingerprint density at radius 2 is 1.77 bits per heavy atom. The third kappa shape index (κ3) is 4.68. The van der Waals surface area contributed by atoms with Crippen molar-refractivity contribution in [2.75, 3.05) is 19.6 Å². The molecule has 1 aromatic carbocycles. The fourth-order valence-electron chi connectivity index (χ4n) is 3.94. The summed E-state index contributed by atoms with van der Waals surface area (Å²) in [7, 11) is 0. The van der Waals surface area contributed by atoms with E-state index in [4.69, 9.17) is 14.2 Å². The van der Waals surface area contributed by atoms with E-state index in [-0.39, 0.29) is 32.7 Å². The Bertz CT molecular complexity index is 817. The molecule has 2 aliphatic rings. The smallest absolute Gasteiger partial charge is 0.411 e. The van der Waals surface area contributed by atoms with Crippen molar-refractivity contribution in [1.82, 2.24) is 9.80 Å². The maximum absolute atomic E-state index is 13.0. The lowest BCUT2D eigenvalue weighted by atomic mass is 9.86. The highest BCUT2D eigenvalue weighted by atomic mass is 16.6. The fourth-order valence-corrected chi connectivity index (χ4v) is 3.94. The maximum atomic E-state index is 13.0. The van der Waals surface area contributed by atoms with Crippen molar-refractivity contribution >= 4 is 18.2 Å². The van der Waals surface area contributed by atoms with Crippen molar-refractivity contribution in [2.45, 2.75) is 64.4 Å². The van der Waals surface area contributed by atoms with Gasteiger partial charge in [-0.05, 0) is 40.2 Å². The minimum absolute atomic E-state index is 0.00458. The van der Waals surface area contributed by atoms with E-state index >= 15 is 0 Å². The van der Waals surface area contributed by atoms with Crippen molar-refractivity contribution in [3.63, 3.8) is 0 Å². The summed E-state index contributed by atoms with van der Waals surface area (Å²) in [6.07, 6.45) is -0.854. The predicted octanol–water partition coefficient (Wildman–Crippen LogP) is 3.34. The van der Waals surface area contributed by atoms with Gasteiger partial charge in [0.25, 0.3) is 0 Å². The van der Waals surface area contributed by atoms with Crippen LogP contribution in [0.4, 0.5) is 9.59 Å². The second-order valence-corrected chi connectivity index (χ2v) is 9.45. The topological polar surface area (TPSA) is 85.4 Å². The summed E-state index contributed by atoms with van der Waals surface area (Å²) in [6.45, 7) is 9.42. The number of benzene rings is 1. The van der Waals surface area contributed by atoms with E-state index in [1.54, 1.807) is 34.6 Å². The molecule has 0 aliphatic carbocycles. The first-order chi connectivity index (χ1) is 13.9. The van der Waals surface area contributed by atoms with Crippen LogP contribution in [0.1, 0.15) is 46.6 Å². The molecular formula is C22H30N2O6. The molecule has 164 valence electrons. The van der Waals surface area contributed by atoms with Crippen LogP contribution in [0.2, 0.25) is 0 Å². The predicted molar refractivity (Wildman–Crippen MR) is 109 cm³/mol. The van der Waals surface area contributed by atoms with Gasteiger partial charge in [0.1, 0.15) is 17.8 Å². The zero-order valence-corrected chi connectivity index (χ0v) is 18.3. The van der Waals surface area contributed by atoms with E-state index in [1.807, 2.05) is 30.3 Å². The van der Waals surface area contributed by atoms with E-state index in [2.05, 4.69) is 0 Å². The largest absolute Gasteiger partial charge is 0.458 e. The summed E-state index contributed by atoms with van der Waals surface area (Å²) in [4.78, 5) is 41.4. The minimum Gasteiger partial charge on any atom is -0.458 e. The van der Waals surface area contributed by atoms with Crippen LogP contribution in [0.15, 0.2) is 30.3 Å². The molecule has 0 radical (unpaired) electrons. The number of hydrogen-bond acceptors (Lipinski definition) is 6. The van der Waals surface area contributed by atoms with Gasteiger partial charge in [-0.3, -0.25) is 4.90 Å². The molecule has 0 N–H and O–H groups in total. The van der Waals surface area contributed by atoms with Crippen LogP contribution in [0.3, 0.4) is 0 Å². The molecule has 0 saturated carbocycles.